The summed E-state index contributed by atoms with van der Waals surface area (Å²) in [5, 5.41) is 6.96. The van der Waals surface area contributed by atoms with Crippen LogP contribution in [0.15, 0.2) is 72.8 Å². The molecule has 1 saturated heterocycles. The molecule has 6 rings (SSSR count). The molecule has 2 amide bonds. The van der Waals surface area contributed by atoms with Crippen LogP contribution in [0.5, 0.6) is 0 Å². The molecule has 0 spiro atoms. The molecule has 4 aromatic rings. The molecule has 2 atom stereocenters. The van der Waals surface area contributed by atoms with E-state index in [1.807, 2.05) is 30.3 Å². The van der Waals surface area contributed by atoms with Crippen LogP contribution in [0.3, 0.4) is 0 Å². The van der Waals surface area contributed by atoms with Gasteiger partial charge in [0.2, 0.25) is 11.8 Å². The van der Waals surface area contributed by atoms with E-state index >= 15 is 4.39 Å². The van der Waals surface area contributed by atoms with Gasteiger partial charge >= 0.3 is 0 Å². The molecule has 11 heteroatoms. The normalized spacial score (nSPS) is 18.5. The van der Waals surface area contributed by atoms with Gasteiger partial charge < -0.3 is 10.1 Å². The molecule has 42 heavy (non-hydrogen) atoms. The first kappa shape index (κ1) is 28.0. The van der Waals surface area contributed by atoms with E-state index in [4.69, 9.17) is 9.84 Å². The number of carbonyl (C=O) groups excluding carboxylic acids is 2. The minimum absolute atomic E-state index is 0.0766. The van der Waals surface area contributed by atoms with E-state index in [1.54, 1.807) is 0 Å². The number of aromatic nitrogens is 2. The quantitative estimate of drug-likeness (QED) is 0.310. The first-order valence-corrected chi connectivity index (χ1v) is 14.6. The molecule has 0 aliphatic carbocycles. The number of halogens is 3. The highest BCUT2D eigenvalue weighted by Crippen LogP contribution is 2.49. The van der Waals surface area contributed by atoms with E-state index in [0.717, 1.165) is 18.9 Å². The topological polar surface area (TPSA) is 76.5 Å². The lowest BCUT2D eigenvalue weighted by Crippen LogP contribution is -2.44. The van der Waals surface area contributed by atoms with Crippen LogP contribution in [0.4, 0.5) is 19.0 Å². The number of carbonyl (C=O) groups is 2. The molecular formula is C31H27F3N4O3S. The Hall–Kier alpha value is -4.09. The lowest BCUT2D eigenvalue weighted by atomic mass is 9.99. The number of nitrogens with one attached hydrogen (secondary N) is 1. The minimum Gasteiger partial charge on any atom is -0.376 e. The highest BCUT2D eigenvalue weighted by Gasteiger charge is 2.38. The van der Waals surface area contributed by atoms with E-state index in [2.05, 4.69) is 5.32 Å². The van der Waals surface area contributed by atoms with Crippen LogP contribution < -0.4 is 10.2 Å². The van der Waals surface area contributed by atoms with E-state index in [1.165, 1.54) is 57.7 Å². The third-order valence-electron chi connectivity index (χ3n) is 7.31. The van der Waals surface area contributed by atoms with Crippen molar-refractivity contribution in [1.82, 2.24) is 15.1 Å². The number of fused-ring (bicyclic) bond motifs is 1. The fourth-order valence-electron chi connectivity index (χ4n) is 5.28. The van der Waals surface area contributed by atoms with E-state index in [-0.39, 0.29) is 35.7 Å². The lowest BCUT2D eigenvalue weighted by molar-refractivity contribution is -0.123. The van der Waals surface area contributed by atoms with E-state index in [9.17, 15) is 18.4 Å². The molecule has 1 N–H and O–H groups in total. The van der Waals surface area contributed by atoms with Gasteiger partial charge in [-0.05, 0) is 43.2 Å². The average molecular weight is 593 g/mol. The van der Waals surface area contributed by atoms with Gasteiger partial charge in [0, 0.05) is 35.9 Å². The Balaban J connectivity index is 1.53. The minimum atomic E-state index is -0.770. The highest BCUT2D eigenvalue weighted by molar-refractivity contribution is 8.00. The maximum atomic E-state index is 15.3. The fraction of sp³-hybridized carbons (Fsp3) is 0.258. The Bertz CT molecular complexity index is 1610. The number of rotatable bonds is 7. The van der Waals surface area contributed by atoms with E-state index in [0.29, 0.717) is 35.7 Å². The van der Waals surface area contributed by atoms with Gasteiger partial charge in [-0.1, -0.05) is 36.4 Å². The van der Waals surface area contributed by atoms with Crippen molar-refractivity contribution in [1.29, 1.82) is 0 Å². The fourth-order valence-corrected chi connectivity index (χ4v) is 6.50. The summed E-state index contributed by atoms with van der Waals surface area (Å²) >= 11 is 1.17. The van der Waals surface area contributed by atoms with Crippen molar-refractivity contribution in [2.45, 2.75) is 24.2 Å². The van der Waals surface area contributed by atoms with Crippen LogP contribution in [0.2, 0.25) is 0 Å². The maximum Gasteiger partial charge on any atom is 0.240 e. The summed E-state index contributed by atoms with van der Waals surface area (Å²) < 4.78 is 50.3. The summed E-state index contributed by atoms with van der Waals surface area (Å²) in [6, 6.07) is 18.1. The zero-order valence-corrected chi connectivity index (χ0v) is 23.3. The predicted octanol–water partition coefficient (Wildman–Crippen LogP) is 5.42. The van der Waals surface area contributed by atoms with Crippen molar-refractivity contribution in [3.05, 3.63) is 101 Å². The van der Waals surface area contributed by atoms with Crippen molar-refractivity contribution >= 4 is 29.4 Å². The van der Waals surface area contributed by atoms with Gasteiger partial charge in [0.1, 0.15) is 29.8 Å². The molecule has 0 saturated carbocycles. The molecule has 2 aliphatic heterocycles. The number of nitrogens with zero attached hydrogens (tertiary/aromatic N) is 3. The summed E-state index contributed by atoms with van der Waals surface area (Å²) in [7, 11) is 0. The van der Waals surface area contributed by atoms with Crippen LogP contribution in [-0.4, -0.2) is 53.1 Å². The summed E-state index contributed by atoms with van der Waals surface area (Å²) in [5.41, 5.74) is 2.25. The van der Waals surface area contributed by atoms with Crippen molar-refractivity contribution < 1.29 is 27.5 Å². The summed E-state index contributed by atoms with van der Waals surface area (Å²) in [6.45, 7) is 0.642. The van der Waals surface area contributed by atoms with Gasteiger partial charge in [0.05, 0.1) is 28.5 Å². The number of anilines is 1. The van der Waals surface area contributed by atoms with Crippen LogP contribution in [0.1, 0.15) is 29.2 Å². The zero-order chi connectivity index (χ0) is 29.2. The molecular weight excluding hydrogens is 565 g/mol. The first-order valence-electron chi connectivity index (χ1n) is 13.6. The monoisotopic (exact) mass is 592 g/mol. The number of thioether (sulfide) groups is 1. The van der Waals surface area contributed by atoms with Gasteiger partial charge in [0.15, 0.2) is 0 Å². The molecule has 1 aromatic heterocycles. The van der Waals surface area contributed by atoms with Crippen molar-refractivity contribution in [2.75, 3.05) is 30.3 Å². The van der Waals surface area contributed by atoms with Gasteiger partial charge in [-0.15, -0.1) is 11.8 Å². The van der Waals surface area contributed by atoms with Crippen molar-refractivity contribution in [2.24, 2.45) is 0 Å². The Morgan fingerprint density at radius 3 is 2.50 bits per heavy atom. The van der Waals surface area contributed by atoms with Gasteiger partial charge in [-0.2, -0.15) is 5.10 Å². The SMILES string of the molecule is O=C(CN1C(=O)CS[C@@H](c2ccc(F)cc2F)c2c(-c3ccccc3)nn(-c3ccc(F)cc3)c21)NC[C@@H]1CCCO1. The van der Waals surface area contributed by atoms with Crippen molar-refractivity contribution in [3.63, 3.8) is 0 Å². The third kappa shape index (κ3) is 5.66. The Morgan fingerprint density at radius 1 is 1.02 bits per heavy atom. The van der Waals surface area contributed by atoms with Crippen LogP contribution in [-0.2, 0) is 14.3 Å². The summed E-state index contributed by atoms with van der Waals surface area (Å²) in [5.74, 6) is -2.54. The van der Waals surface area contributed by atoms with Gasteiger partial charge in [-0.25, -0.2) is 17.9 Å². The molecule has 0 unspecified atom stereocenters. The van der Waals surface area contributed by atoms with E-state index < -0.39 is 28.6 Å². The zero-order valence-electron chi connectivity index (χ0n) is 22.4. The van der Waals surface area contributed by atoms with Crippen LogP contribution >= 0.6 is 11.8 Å². The molecule has 2 aliphatic rings. The van der Waals surface area contributed by atoms with Crippen LogP contribution in [0, 0.1) is 17.5 Å². The number of hydrogen-bond acceptors (Lipinski definition) is 5. The molecule has 1 fully saturated rings. The standard InChI is InChI=1S/C31H27F3N4O3S/c32-20-8-11-22(12-9-20)38-31-28(29(36-38)19-5-2-1-3-6-19)30(24-13-10-21(33)15-25(24)34)42-18-27(40)37(31)17-26(39)35-16-23-7-4-14-41-23/h1-3,5-6,8-13,15,23,30H,4,7,14,16-18H2,(H,35,39)/t23-,30-/m0/s1. The first-order chi connectivity index (χ1) is 20.4. The highest BCUT2D eigenvalue weighted by atomic mass is 32.2. The third-order valence-corrected chi connectivity index (χ3v) is 8.54. The molecule has 0 radical (unpaired) electrons. The second-order valence-corrected chi connectivity index (χ2v) is 11.2. The number of hydrogen-bond donors (Lipinski definition) is 1. The van der Waals surface area contributed by atoms with Crippen LogP contribution in [0.25, 0.3) is 16.9 Å². The maximum absolute atomic E-state index is 15.3. The lowest BCUT2D eigenvalue weighted by Gasteiger charge is -2.23. The Morgan fingerprint density at radius 2 is 1.79 bits per heavy atom. The summed E-state index contributed by atoms with van der Waals surface area (Å²) in [6.07, 6.45) is 1.68. The molecule has 3 aromatic carbocycles. The molecule has 7 nitrogen and oxygen atoms in total. The summed E-state index contributed by atoms with van der Waals surface area (Å²) in [4.78, 5) is 28.3. The van der Waals surface area contributed by atoms with Gasteiger partial charge in [-0.3, -0.25) is 14.5 Å². The smallest absolute Gasteiger partial charge is 0.240 e. The second kappa shape index (κ2) is 12.0. The largest absolute Gasteiger partial charge is 0.376 e. The van der Waals surface area contributed by atoms with Crippen molar-refractivity contribution in [3.8, 4) is 16.9 Å². The predicted molar refractivity (Wildman–Crippen MR) is 154 cm³/mol. The Kier molecular flexibility index (Phi) is 8.03. The number of benzene rings is 3. The number of amides is 2. The molecule has 216 valence electrons. The number of ether oxygens (including phenoxy) is 1. The second-order valence-electron chi connectivity index (χ2n) is 10.1. The Labute approximate surface area is 244 Å². The molecule has 0 bridgehead atoms. The average Bonchev–Trinajstić information content (AvgIpc) is 3.62. The molecule has 3 heterocycles. The van der Waals surface area contributed by atoms with Gasteiger partial charge in [0.25, 0.3) is 0 Å².